The van der Waals surface area contributed by atoms with Crippen molar-refractivity contribution in [3.8, 4) is 0 Å². The van der Waals surface area contributed by atoms with Crippen molar-refractivity contribution in [2.45, 2.75) is 17.7 Å². The van der Waals surface area contributed by atoms with Crippen LogP contribution in [-0.2, 0) is 4.79 Å². The first-order valence-electron chi connectivity index (χ1n) is 2.88. The number of carboxylic acid groups (broad SMARTS) is 1. The first kappa shape index (κ1) is 11.8. The number of aliphatic carboxylic acids is 1. The van der Waals surface area contributed by atoms with Crippen LogP contribution < -0.4 is 0 Å². The molecule has 3 nitrogen and oxygen atoms in total. The van der Waals surface area contributed by atoms with Gasteiger partial charge in [0.25, 0.3) is 0 Å². The molecule has 0 aliphatic heterocycles. The zero-order valence-corrected chi connectivity index (χ0v) is 10.7. The molecule has 1 unspecified atom stereocenters. The van der Waals surface area contributed by atoms with Gasteiger partial charge in [-0.05, 0) is 0 Å². The van der Waals surface area contributed by atoms with Gasteiger partial charge in [0.2, 0.25) is 0 Å². The molecule has 6 heteroatoms. The molecule has 66 valence electrons. The average molecular weight is 307 g/mol. The van der Waals surface area contributed by atoms with Crippen LogP contribution in [-0.4, -0.2) is 56.2 Å². The third kappa shape index (κ3) is 3.83. The monoisotopic (exact) mass is 309 g/mol. The molecule has 0 aromatic rings. The minimum absolute atomic E-state index is 0.278. The Morgan fingerprint density at radius 2 is 2.09 bits per heavy atom. The fourth-order valence-electron chi connectivity index (χ4n) is 0.564. The first-order valence-corrected chi connectivity index (χ1v) is 8.47. The summed E-state index contributed by atoms with van der Waals surface area (Å²) in [6.45, 7) is 0. The molecular formula is C5H11NO2SSe2. The van der Waals surface area contributed by atoms with E-state index >= 15 is 0 Å². The van der Waals surface area contributed by atoms with Gasteiger partial charge in [-0.2, -0.15) is 0 Å². The minimum atomic E-state index is -0.757. The molecule has 0 radical (unpaired) electrons. The van der Waals surface area contributed by atoms with Crippen LogP contribution in [0.3, 0.4) is 0 Å². The van der Waals surface area contributed by atoms with Crippen LogP contribution in [0, 0.1) is 0 Å². The summed E-state index contributed by atoms with van der Waals surface area (Å²) in [7, 11) is 0. The number of hydrogen-bond acceptors (Lipinski definition) is 3. The third-order valence-electron chi connectivity index (χ3n) is 1.07. The Morgan fingerprint density at radius 3 is 2.18 bits per heavy atom. The van der Waals surface area contributed by atoms with Crippen LogP contribution in [0.15, 0.2) is 0 Å². The van der Waals surface area contributed by atoms with Gasteiger partial charge >= 0.3 is 85.2 Å². The Kier molecular flexibility index (Phi) is 6.82. The molecule has 0 aliphatic rings. The third-order valence-corrected chi connectivity index (χ3v) is 7.25. The van der Waals surface area contributed by atoms with E-state index < -0.39 is 5.97 Å². The summed E-state index contributed by atoms with van der Waals surface area (Å²) in [5, 5.41) is 8.74. The van der Waals surface area contributed by atoms with Crippen LogP contribution in [0.5, 0.6) is 0 Å². The summed E-state index contributed by atoms with van der Waals surface area (Å²) < 4.78 is 2.00. The number of thiol groups is 1. The molecule has 11 heavy (non-hydrogen) atoms. The van der Waals surface area contributed by atoms with Gasteiger partial charge in [-0.1, -0.05) is 0 Å². The van der Waals surface area contributed by atoms with E-state index in [0.29, 0.717) is 5.75 Å². The Hall–Kier alpha value is 0.819. The van der Waals surface area contributed by atoms with Crippen LogP contribution >= 0.6 is 12.6 Å². The molecule has 0 rings (SSSR count). The maximum absolute atomic E-state index is 10.6. The van der Waals surface area contributed by atoms with Crippen molar-refractivity contribution in [3.05, 3.63) is 0 Å². The van der Waals surface area contributed by atoms with E-state index in [4.69, 9.17) is 5.11 Å². The van der Waals surface area contributed by atoms with Crippen molar-refractivity contribution in [1.82, 2.24) is 2.93 Å². The number of hydrogen-bond donors (Lipinski definition) is 2. The van der Waals surface area contributed by atoms with E-state index in [9.17, 15) is 4.79 Å². The van der Waals surface area contributed by atoms with Crippen LogP contribution in [0.4, 0.5) is 0 Å². The van der Waals surface area contributed by atoms with Gasteiger partial charge in [0.05, 0.1) is 0 Å². The summed E-state index contributed by atoms with van der Waals surface area (Å²) in [6, 6.07) is -0.381. The second kappa shape index (κ2) is 6.35. The van der Waals surface area contributed by atoms with E-state index in [2.05, 4.69) is 12.6 Å². The second-order valence-corrected chi connectivity index (χ2v) is 6.41. The van der Waals surface area contributed by atoms with Crippen molar-refractivity contribution in [2.24, 2.45) is 0 Å². The van der Waals surface area contributed by atoms with Gasteiger partial charge in [-0.15, -0.1) is 0 Å². The summed E-state index contributed by atoms with van der Waals surface area (Å²) in [6.07, 6.45) is 0. The Morgan fingerprint density at radius 1 is 1.64 bits per heavy atom. The topological polar surface area (TPSA) is 40.5 Å². The van der Waals surface area contributed by atoms with Gasteiger partial charge in [0, 0.05) is 0 Å². The molecule has 1 N–H and O–H groups in total. The average Bonchev–Trinajstić information content (AvgIpc) is 1.99. The molecule has 0 fully saturated rings. The van der Waals surface area contributed by atoms with Crippen molar-refractivity contribution in [3.63, 3.8) is 0 Å². The second-order valence-electron chi connectivity index (χ2n) is 1.69. The molecule has 1 atom stereocenters. The number of carboxylic acids is 1. The Bertz CT molecular complexity index is 132. The van der Waals surface area contributed by atoms with Crippen molar-refractivity contribution in [1.29, 1.82) is 0 Å². The van der Waals surface area contributed by atoms with Gasteiger partial charge in [-0.3, -0.25) is 0 Å². The molecule has 0 saturated heterocycles. The van der Waals surface area contributed by atoms with Crippen molar-refractivity contribution < 1.29 is 9.90 Å². The summed E-state index contributed by atoms with van der Waals surface area (Å²) in [4.78, 5) is 10.6. The number of nitrogens with zero attached hydrogens (tertiary/aromatic N) is 1. The van der Waals surface area contributed by atoms with Crippen LogP contribution in [0.25, 0.3) is 0 Å². The molecule has 0 amide bonds. The summed E-state index contributed by atoms with van der Waals surface area (Å²) in [5.74, 6) is 3.70. The number of rotatable bonds is 5. The van der Waals surface area contributed by atoms with E-state index in [-0.39, 0.29) is 36.4 Å². The molecule has 0 aromatic heterocycles. The predicted octanol–water partition coefficient (Wildman–Crippen LogP) is 0.00600. The predicted molar refractivity (Wildman–Crippen MR) is 50.4 cm³/mol. The SMILES string of the molecule is C[Se]N([Se]C)C(CS)C(=O)O. The zero-order chi connectivity index (χ0) is 8.85. The van der Waals surface area contributed by atoms with Gasteiger partial charge in [0.15, 0.2) is 0 Å². The van der Waals surface area contributed by atoms with E-state index in [1.165, 1.54) is 0 Å². The Labute approximate surface area is 85.1 Å². The van der Waals surface area contributed by atoms with Crippen LogP contribution in [0.2, 0.25) is 11.6 Å². The molecular weight excluding hydrogens is 296 g/mol. The fraction of sp³-hybridized carbons (Fsp3) is 0.800. The molecule has 0 spiro atoms. The summed E-state index contributed by atoms with van der Waals surface area (Å²) in [5.41, 5.74) is 0. The van der Waals surface area contributed by atoms with Crippen molar-refractivity contribution in [2.75, 3.05) is 5.75 Å². The zero-order valence-electron chi connectivity index (χ0n) is 6.35. The quantitative estimate of drug-likeness (QED) is 0.555. The maximum atomic E-state index is 10.6. The van der Waals surface area contributed by atoms with Gasteiger partial charge < -0.3 is 0 Å². The molecule has 0 bridgehead atoms. The Balaban J connectivity index is 4.09. The standard InChI is InChI=1S/C5H11NO2SSe2/c1-10-6(11-2)4(3-9)5(7)8/h4,9H,3H2,1-2H3,(H,7,8). The fourth-order valence-corrected chi connectivity index (χ4v) is 5.08. The molecule has 0 saturated carbocycles. The molecule has 0 aromatic carbocycles. The number of carbonyl (C=O) groups is 1. The van der Waals surface area contributed by atoms with E-state index in [1.54, 1.807) is 0 Å². The van der Waals surface area contributed by atoms with E-state index in [1.807, 2.05) is 14.6 Å². The summed E-state index contributed by atoms with van der Waals surface area (Å²) >= 11 is 4.56. The molecule has 0 heterocycles. The van der Waals surface area contributed by atoms with Crippen molar-refractivity contribution >= 4 is 48.9 Å². The molecule has 0 aliphatic carbocycles. The van der Waals surface area contributed by atoms with Gasteiger partial charge in [-0.25, -0.2) is 0 Å². The first-order chi connectivity index (χ1) is 5.17. The van der Waals surface area contributed by atoms with Gasteiger partial charge in [0.1, 0.15) is 0 Å². The van der Waals surface area contributed by atoms with E-state index in [0.717, 1.165) is 0 Å². The van der Waals surface area contributed by atoms with Crippen LogP contribution in [0.1, 0.15) is 0 Å². The normalized spacial score (nSPS) is 13.5.